The van der Waals surface area contributed by atoms with E-state index in [4.69, 9.17) is 4.74 Å². The summed E-state index contributed by atoms with van der Waals surface area (Å²) in [5.41, 5.74) is 2.28. The highest BCUT2D eigenvalue weighted by Crippen LogP contribution is 2.16. The summed E-state index contributed by atoms with van der Waals surface area (Å²) in [6.45, 7) is 1.94. The minimum Gasteiger partial charge on any atom is -0.465 e. The standard InChI is InChI=1S/C19H16N2O3/c1-13-7-9-16(10-8-13)21-18(22)15(12-20)11-14-5-3-4-6-17(14)19(23)24-2/h3-11H,1-2H3,(H,21,22)/b15-11+. The van der Waals surface area contributed by atoms with Crippen molar-refractivity contribution in [2.24, 2.45) is 0 Å². The van der Waals surface area contributed by atoms with Crippen molar-refractivity contribution in [2.75, 3.05) is 12.4 Å². The van der Waals surface area contributed by atoms with Gasteiger partial charge in [-0.2, -0.15) is 5.26 Å². The van der Waals surface area contributed by atoms with Gasteiger partial charge in [0, 0.05) is 5.69 Å². The summed E-state index contributed by atoms with van der Waals surface area (Å²) < 4.78 is 4.71. The van der Waals surface area contributed by atoms with Crippen molar-refractivity contribution in [3.05, 3.63) is 70.8 Å². The lowest BCUT2D eigenvalue weighted by atomic mass is 10.0. The molecule has 0 unspecified atom stereocenters. The molecule has 0 aliphatic heterocycles. The first-order valence-corrected chi connectivity index (χ1v) is 7.22. The molecule has 0 radical (unpaired) electrons. The minimum absolute atomic E-state index is 0.105. The van der Waals surface area contributed by atoms with E-state index in [2.05, 4.69) is 5.32 Å². The quantitative estimate of drug-likeness (QED) is 0.532. The number of ether oxygens (including phenoxy) is 1. The number of aryl methyl sites for hydroxylation is 1. The van der Waals surface area contributed by atoms with Crippen LogP contribution in [0.2, 0.25) is 0 Å². The summed E-state index contributed by atoms with van der Waals surface area (Å²) in [6, 6.07) is 15.7. The van der Waals surface area contributed by atoms with Gasteiger partial charge in [0.25, 0.3) is 5.91 Å². The van der Waals surface area contributed by atoms with Gasteiger partial charge in [-0.3, -0.25) is 4.79 Å². The van der Waals surface area contributed by atoms with Crippen molar-refractivity contribution in [3.8, 4) is 6.07 Å². The smallest absolute Gasteiger partial charge is 0.338 e. The maximum atomic E-state index is 12.3. The lowest BCUT2D eigenvalue weighted by Crippen LogP contribution is -2.13. The van der Waals surface area contributed by atoms with Gasteiger partial charge in [0.05, 0.1) is 12.7 Å². The number of nitriles is 1. The van der Waals surface area contributed by atoms with E-state index in [1.54, 1.807) is 36.4 Å². The Morgan fingerprint density at radius 3 is 2.42 bits per heavy atom. The second-order valence-electron chi connectivity index (χ2n) is 5.07. The molecule has 2 aromatic carbocycles. The van der Waals surface area contributed by atoms with Crippen molar-refractivity contribution in [2.45, 2.75) is 6.92 Å². The number of hydrogen-bond acceptors (Lipinski definition) is 4. The van der Waals surface area contributed by atoms with Crippen LogP contribution < -0.4 is 5.32 Å². The number of hydrogen-bond donors (Lipinski definition) is 1. The van der Waals surface area contributed by atoms with Crippen LogP contribution in [0.15, 0.2) is 54.1 Å². The second kappa shape index (κ2) is 7.75. The molecule has 2 aromatic rings. The maximum Gasteiger partial charge on any atom is 0.338 e. The number of nitrogens with one attached hydrogen (secondary N) is 1. The van der Waals surface area contributed by atoms with Crippen molar-refractivity contribution in [3.63, 3.8) is 0 Å². The highest BCUT2D eigenvalue weighted by atomic mass is 16.5. The fourth-order valence-electron chi connectivity index (χ4n) is 2.06. The maximum absolute atomic E-state index is 12.3. The highest BCUT2D eigenvalue weighted by Gasteiger charge is 2.14. The number of anilines is 1. The third-order valence-electron chi connectivity index (χ3n) is 3.34. The summed E-state index contributed by atoms with van der Waals surface area (Å²) >= 11 is 0. The number of rotatable bonds is 4. The van der Waals surface area contributed by atoms with E-state index in [-0.39, 0.29) is 11.1 Å². The molecule has 0 aliphatic rings. The van der Waals surface area contributed by atoms with Gasteiger partial charge in [-0.25, -0.2) is 4.79 Å². The first-order chi connectivity index (χ1) is 11.5. The molecule has 0 fully saturated rings. The molecule has 0 spiro atoms. The van der Waals surface area contributed by atoms with Crippen LogP contribution in [0, 0.1) is 18.3 Å². The third-order valence-corrected chi connectivity index (χ3v) is 3.34. The van der Waals surface area contributed by atoms with Crippen LogP contribution in [0.1, 0.15) is 21.5 Å². The largest absolute Gasteiger partial charge is 0.465 e. The number of benzene rings is 2. The van der Waals surface area contributed by atoms with Crippen LogP contribution in [0.4, 0.5) is 5.69 Å². The summed E-state index contributed by atoms with van der Waals surface area (Å²) in [7, 11) is 1.28. The molecule has 0 aliphatic carbocycles. The van der Waals surface area contributed by atoms with Crippen LogP contribution >= 0.6 is 0 Å². The lowest BCUT2D eigenvalue weighted by Gasteiger charge is -2.06. The van der Waals surface area contributed by atoms with Gasteiger partial charge < -0.3 is 10.1 Å². The predicted octanol–water partition coefficient (Wildman–Crippen LogP) is 3.33. The SMILES string of the molecule is COC(=O)c1ccccc1/C=C(\C#N)C(=O)Nc1ccc(C)cc1. The van der Waals surface area contributed by atoms with Gasteiger partial charge in [-0.1, -0.05) is 35.9 Å². The zero-order chi connectivity index (χ0) is 17.5. The van der Waals surface area contributed by atoms with E-state index < -0.39 is 11.9 Å². The van der Waals surface area contributed by atoms with E-state index in [1.807, 2.05) is 25.1 Å². The number of esters is 1. The Morgan fingerprint density at radius 1 is 1.12 bits per heavy atom. The summed E-state index contributed by atoms with van der Waals surface area (Å²) in [5, 5.41) is 11.9. The molecule has 0 saturated heterocycles. The number of nitrogens with zero attached hydrogens (tertiary/aromatic N) is 1. The summed E-state index contributed by atoms with van der Waals surface area (Å²) in [6.07, 6.45) is 1.37. The Labute approximate surface area is 140 Å². The van der Waals surface area contributed by atoms with Gasteiger partial charge in [0.15, 0.2) is 0 Å². The fraction of sp³-hybridized carbons (Fsp3) is 0.105. The average molecular weight is 320 g/mol. The molecule has 120 valence electrons. The van der Waals surface area contributed by atoms with E-state index >= 15 is 0 Å². The van der Waals surface area contributed by atoms with Crippen LogP contribution in [0.3, 0.4) is 0 Å². The average Bonchev–Trinajstić information content (AvgIpc) is 2.61. The number of carbonyl (C=O) groups excluding carboxylic acids is 2. The van der Waals surface area contributed by atoms with Gasteiger partial charge in [-0.15, -0.1) is 0 Å². The molecule has 5 heteroatoms. The topological polar surface area (TPSA) is 79.2 Å². The molecule has 0 atom stereocenters. The Morgan fingerprint density at radius 2 is 1.79 bits per heavy atom. The van der Waals surface area contributed by atoms with Crippen LogP contribution in [-0.2, 0) is 9.53 Å². The Hall–Kier alpha value is -3.39. The van der Waals surface area contributed by atoms with Crippen molar-refractivity contribution in [1.29, 1.82) is 5.26 Å². The van der Waals surface area contributed by atoms with E-state index in [1.165, 1.54) is 13.2 Å². The Bertz CT molecular complexity index is 830. The normalized spacial score (nSPS) is 10.6. The van der Waals surface area contributed by atoms with Crippen LogP contribution in [-0.4, -0.2) is 19.0 Å². The number of amides is 1. The van der Waals surface area contributed by atoms with Gasteiger partial charge >= 0.3 is 5.97 Å². The predicted molar refractivity (Wildman–Crippen MR) is 91.2 cm³/mol. The van der Waals surface area contributed by atoms with Crippen molar-refractivity contribution >= 4 is 23.6 Å². The zero-order valence-electron chi connectivity index (χ0n) is 13.4. The highest BCUT2D eigenvalue weighted by molar-refractivity contribution is 6.10. The van der Waals surface area contributed by atoms with Crippen LogP contribution in [0.5, 0.6) is 0 Å². The molecule has 1 amide bonds. The van der Waals surface area contributed by atoms with Gasteiger partial charge in [0.2, 0.25) is 0 Å². The molecule has 0 aromatic heterocycles. The molecule has 5 nitrogen and oxygen atoms in total. The molecule has 0 bridgehead atoms. The zero-order valence-corrected chi connectivity index (χ0v) is 13.4. The summed E-state index contributed by atoms with van der Waals surface area (Å²) in [4.78, 5) is 24.0. The van der Waals surface area contributed by atoms with Crippen LogP contribution in [0.25, 0.3) is 6.08 Å². The number of methoxy groups -OCH3 is 1. The molecular weight excluding hydrogens is 304 g/mol. The number of carbonyl (C=O) groups is 2. The first kappa shape index (κ1) is 17.0. The molecule has 0 heterocycles. The monoisotopic (exact) mass is 320 g/mol. The van der Waals surface area contributed by atoms with Crippen molar-refractivity contribution in [1.82, 2.24) is 0 Å². The lowest BCUT2D eigenvalue weighted by molar-refractivity contribution is -0.112. The molecule has 2 rings (SSSR count). The second-order valence-corrected chi connectivity index (χ2v) is 5.07. The van der Waals surface area contributed by atoms with E-state index in [0.29, 0.717) is 11.3 Å². The Balaban J connectivity index is 2.29. The first-order valence-electron chi connectivity index (χ1n) is 7.22. The molecule has 0 saturated carbocycles. The third kappa shape index (κ3) is 4.08. The van der Waals surface area contributed by atoms with Crippen molar-refractivity contribution < 1.29 is 14.3 Å². The molecular formula is C19H16N2O3. The summed E-state index contributed by atoms with van der Waals surface area (Å²) in [5.74, 6) is -1.07. The van der Waals surface area contributed by atoms with Gasteiger partial charge in [-0.05, 0) is 36.8 Å². The Kier molecular flexibility index (Phi) is 5.48. The minimum atomic E-state index is -0.541. The molecule has 1 N–H and O–H groups in total. The van der Waals surface area contributed by atoms with E-state index in [9.17, 15) is 14.9 Å². The van der Waals surface area contributed by atoms with Gasteiger partial charge in [0.1, 0.15) is 11.6 Å². The molecule has 24 heavy (non-hydrogen) atoms. The van der Waals surface area contributed by atoms with E-state index in [0.717, 1.165) is 5.56 Å². The fourth-order valence-corrected chi connectivity index (χ4v) is 2.06.